The fourth-order valence-electron chi connectivity index (χ4n) is 2.72. The second kappa shape index (κ2) is 5.77. The van der Waals surface area contributed by atoms with Crippen LogP contribution in [-0.4, -0.2) is 24.7 Å². The predicted molar refractivity (Wildman–Crippen MR) is 93.5 cm³/mol. The topological polar surface area (TPSA) is 88.5 Å². The number of pyridine rings is 1. The summed E-state index contributed by atoms with van der Waals surface area (Å²) in [6.45, 7) is 2.66. The molecule has 0 saturated heterocycles. The van der Waals surface area contributed by atoms with Crippen LogP contribution >= 0.6 is 0 Å². The Kier molecular flexibility index (Phi) is 3.45. The molecule has 2 N–H and O–H groups in total. The number of aryl methyl sites for hydroxylation is 1. The summed E-state index contributed by atoms with van der Waals surface area (Å²) in [5, 5.41) is 12.0. The molecule has 0 aliphatic heterocycles. The molecule has 0 spiro atoms. The third-order valence-electron chi connectivity index (χ3n) is 3.87. The smallest absolute Gasteiger partial charge is 0.252 e. The molecule has 120 valence electrons. The van der Waals surface area contributed by atoms with Gasteiger partial charge in [-0.2, -0.15) is 10.1 Å². The van der Waals surface area contributed by atoms with Gasteiger partial charge >= 0.3 is 0 Å². The van der Waals surface area contributed by atoms with Crippen molar-refractivity contribution in [1.82, 2.24) is 24.7 Å². The molecule has 0 fully saturated rings. The monoisotopic (exact) mass is 320 g/mol. The number of anilines is 2. The Morgan fingerprint density at radius 2 is 2.04 bits per heavy atom. The highest BCUT2D eigenvalue weighted by molar-refractivity contribution is 5.82. The van der Waals surface area contributed by atoms with Gasteiger partial charge in [0.1, 0.15) is 5.65 Å². The van der Waals surface area contributed by atoms with Crippen LogP contribution in [0.3, 0.4) is 0 Å². The zero-order valence-electron chi connectivity index (χ0n) is 13.2. The third kappa shape index (κ3) is 2.50. The van der Waals surface area contributed by atoms with Crippen molar-refractivity contribution in [1.29, 1.82) is 0 Å². The predicted octanol–water partition coefficient (Wildman–Crippen LogP) is 2.82. The minimum absolute atomic E-state index is 0.0483. The fraction of sp³-hybridized carbons (Fsp3) is 0.176. The molecule has 7 nitrogen and oxygen atoms in total. The summed E-state index contributed by atoms with van der Waals surface area (Å²) in [6, 6.07) is 9.16. The van der Waals surface area contributed by atoms with Gasteiger partial charge in [-0.25, -0.2) is 4.98 Å². The Morgan fingerprint density at radius 3 is 2.92 bits per heavy atom. The number of benzene rings is 1. The molecule has 3 aromatic heterocycles. The van der Waals surface area contributed by atoms with Gasteiger partial charge in [0.25, 0.3) is 5.56 Å². The Morgan fingerprint density at radius 1 is 1.17 bits per heavy atom. The first-order chi connectivity index (χ1) is 11.7. The first kappa shape index (κ1) is 14.4. The summed E-state index contributed by atoms with van der Waals surface area (Å²) in [5.74, 6) is 0.455. The van der Waals surface area contributed by atoms with Crippen LogP contribution in [0.5, 0.6) is 0 Å². The van der Waals surface area contributed by atoms with Gasteiger partial charge in [0, 0.05) is 35.3 Å². The van der Waals surface area contributed by atoms with E-state index < -0.39 is 0 Å². The molecular weight excluding hydrogens is 304 g/mol. The van der Waals surface area contributed by atoms with Crippen LogP contribution in [0.1, 0.15) is 13.3 Å². The van der Waals surface area contributed by atoms with Crippen LogP contribution in [0.2, 0.25) is 0 Å². The standard InChI is InChI=1S/C17H16N6O/c1-2-7-23-15(24)6-4-12-9-18-17(21-16(12)23)20-13-5-3-11-10-19-22-14(11)8-13/h3-6,8-10H,2,7H2,1H3,(H,19,22)(H,18,20,21). The first-order valence-corrected chi connectivity index (χ1v) is 7.81. The maximum Gasteiger partial charge on any atom is 0.252 e. The molecule has 0 bridgehead atoms. The number of H-pyrrole nitrogens is 1. The number of hydrogen-bond acceptors (Lipinski definition) is 5. The summed E-state index contributed by atoms with van der Waals surface area (Å²) < 4.78 is 1.68. The van der Waals surface area contributed by atoms with Crippen molar-refractivity contribution in [2.45, 2.75) is 19.9 Å². The molecule has 0 radical (unpaired) electrons. The number of hydrogen-bond donors (Lipinski definition) is 2. The number of nitrogens with one attached hydrogen (secondary N) is 2. The molecule has 0 atom stereocenters. The van der Waals surface area contributed by atoms with Gasteiger partial charge in [-0.15, -0.1) is 0 Å². The van der Waals surface area contributed by atoms with Gasteiger partial charge in [-0.3, -0.25) is 14.5 Å². The van der Waals surface area contributed by atoms with E-state index in [0.717, 1.165) is 28.4 Å². The zero-order chi connectivity index (χ0) is 16.5. The van der Waals surface area contributed by atoms with Gasteiger partial charge in [0.05, 0.1) is 11.7 Å². The maximum atomic E-state index is 12.1. The van der Waals surface area contributed by atoms with Crippen molar-refractivity contribution < 1.29 is 0 Å². The summed E-state index contributed by atoms with van der Waals surface area (Å²) in [4.78, 5) is 21.0. The highest BCUT2D eigenvalue weighted by Crippen LogP contribution is 2.20. The van der Waals surface area contributed by atoms with Crippen molar-refractivity contribution in [2.24, 2.45) is 0 Å². The average Bonchev–Trinajstić information content (AvgIpc) is 3.05. The molecule has 0 amide bonds. The molecule has 3 heterocycles. The normalized spacial score (nSPS) is 11.2. The molecule has 0 aliphatic carbocycles. The zero-order valence-corrected chi connectivity index (χ0v) is 13.2. The van der Waals surface area contributed by atoms with E-state index in [-0.39, 0.29) is 5.56 Å². The van der Waals surface area contributed by atoms with Gasteiger partial charge in [0.15, 0.2) is 0 Å². The molecular formula is C17H16N6O. The van der Waals surface area contributed by atoms with E-state index in [9.17, 15) is 4.79 Å². The Bertz CT molecular complexity index is 1080. The minimum Gasteiger partial charge on any atom is -0.324 e. The van der Waals surface area contributed by atoms with Crippen LogP contribution in [0, 0.1) is 0 Å². The Hall–Kier alpha value is -3.22. The quantitative estimate of drug-likeness (QED) is 0.603. The summed E-state index contributed by atoms with van der Waals surface area (Å²) >= 11 is 0. The third-order valence-corrected chi connectivity index (χ3v) is 3.87. The van der Waals surface area contributed by atoms with E-state index in [4.69, 9.17) is 0 Å². The number of fused-ring (bicyclic) bond motifs is 2. The van der Waals surface area contributed by atoms with E-state index in [1.165, 1.54) is 0 Å². The second-order valence-corrected chi connectivity index (χ2v) is 5.59. The van der Waals surface area contributed by atoms with Crippen molar-refractivity contribution in [3.05, 3.63) is 53.1 Å². The average molecular weight is 320 g/mol. The lowest BCUT2D eigenvalue weighted by atomic mass is 10.2. The van der Waals surface area contributed by atoms with Crippen LogP contribution in [0.4, 0.5) is 11.6 Å². The SMILES string of the molecule is CCCn1c(=O)ccc2cnc(Nc3ccc4cn[nH]c4c3)nc21. The Balaban J connectivity index is 1.76. The van der Waals surface area contributed by atoms with Gasteiger partial charge in [-0.05, 0) is 30.7 Å². The first-order valence-electron chi connectivity index (χ1n) is 7.81. The van der Waals surface area contributed by atoms with E-state index in [1.807, 2.05) is 25.1 Å². The van der Waals surface area contributed by atoms with E-state index >= 15 is 0 Å². The summed E-state index contributed by atoms with van der Waals surface area (Å²) in [7, 11) is 0. The number of aromatic nitrogens is 5. The summed E-state index contributed by atoms with van der Waals surface area (Å²) in [5.41, 5.74) is 2.38. The van der Waals surface area contributed by atoms with Crippen molar-refractivity contribution in [3.8, 4) is 0 Å². The van der Waals surface area contributed by atoms with Gasteiger partial charge < -0.3 is 5.32 Å². The summed E-state index contributed by atoms with van der Waals surface area (Å²) in [6.07, 6.45) is 4.36. The molecule has 0 saturated carbocycles. The molecule has 0 unspecified atom stereocenters. The molecule has 24 heavy (non-hydrogen) atoms. The van der Waals surface area contributed by atoms with E-state index in [1.54, 1.807) is 29.1 Å². The van der Waals surface area contributed by atoms with Crippen molar-refractivity contribution in [2.75, 3.05) is 5.32 Å². The maximum absolute atomic E-state index is 12.1. The van der Waals surface area contributed by atoms with Gasteiger partial charge in [0.2, 0.25) is 5.95 Å². The van der Waals surface area contributed by atoms with Crippen LogP contribution in [0.25, 0.3) is 21.9 Å². The molecule has 0 aliphatic rings. The molecule has 4 aromatic rings. The highest BCUT2D eigenvalue weighted by atomic mass is 16.1. The molecule has 4 rings (SSSR count). The van der Waals surface area contributed by atoms with Gasteiger partial charge in [-0.1, -0.05) is 6.92 Å². The lowest BCUT2D eigenvalue weighted by molar-refractivity contribution is 0.671. The largest absolute Gasteiger partial charge is 0.324 e. The van der Waals surface area contributed by atoms with Crippen LogP contribution in [-0.2, 0) is 6.54 Å². The molecule has 7 heteroatoms. The fourth-order valence-corrected chi connectivity index (χ4v) is 2.72. The van der Waals surface area contributed by atoms with E-state index in [2.05, 4.69) is 25.5 Å². The van der Waals surface area contributed by atoms with Crippen molar-refractivity contribution >= 4 is 33.6 Å². The highest BCUT2D eigenvalue weighted by Gasteiger charge is 2.07. The van der Waals surface area contributed by atoms with Crippen LogP contribution < -0.4 is 10.9 Å². The Labute approximate surface area is 137 Å². The van der Waals surface area contributed by atoms with Crippen molar-refractivity contribution in [3.63, 3.8) is 0 Å². The lowest BCUT2D eigenvalue weighted by Gasteiger charge is -2.10. The van der Waals surface area contributed by atoms with Crippen LogP contribution in [0.15, 0.2) is 47.5 Å². The lowest BCUT2D eigenvalue weighted by Crippen LogP contribution is -2.20. The molecule has 1 aromatic carbocycles. The number of nitrogens with zero attached hydrogens (tertiary/aromatic N) is 4. The van der Waals surface area contributed by atoms with E-state index in [0.29, 0.717) is 18.1 Å². The second-order valence-electron chi connectivity index (χ2n) is 5.59. The number of rotatable bonds is 4. The number of aromatic amines is 1. The minimum atomic E-state index is -0.0483.